The van der Waals surface area contributed by atoms with Crippen LogP contribution in [0.3, 0.4) is 0 Å². The van der Waals surface area contributed by atoms with Gasteiger partial charge in [0.1, 0.15) is 4.88 Å². The molecule has 0 atom stereocenters. The molecule has 7 nitrogen and oxygen atoms in total. The van der Waals surface area contributed by atoms with Crippen molar-refractivity contribution in [3.8, 4) is 0 Å². The fraction of sp³-hybridized carbons (Fsp3) is 0.417. The molecule has 1 aliphatic carbocycles. The van der Waals surface area contributed by atoms with E-state index in [9.17, 15) is 4.79 Å². The van der Waals surface area contributed by atoms with Crippen LogP contribution in [-0.2, 0) is 6.42 Å². The predicted octanol–water partition coefficient (Wildman–Crippen LogP) is 1.26. The fourth-order valence-electron chi connectivity index (χ4n) is 1.75. The number of rotatable bonds is 6. The van der Waals surface area contributed by atoms with Gasteiger partial charge in [-0.25, -0.2) is 0 Å². The highest BCUT2D eigenvalue weighted by Gasteiger charge is 2.25. The molecule has 1 aliphatic rings. The highest BCUT2D eigenvalue weighted by Crippen LogP contribution is 2.30. The summed E-state index contributed by atoms with van der Waals surface area (Å²) in [7, 11) is 0. The molecule has 0 unspecified atom stereocenters. The first-order valence-electron chi connectivity index (χ1n) is 6.41. The largest absolute Gasteiger partial charge is 0.397 e. The van der Waals surface area contributed by atoms with Crippen LogP contribution in [0, 0.1) is 0 Å². The zero-order chi connectivity index (χ0) is 13.9. The standard InChI is InChI=1S/C12H15N5O2S/c13-8-5-10(14-4-3-9-15-6-19-17-9)20-11(8)12(18)16-7-1-2-7/h5-7,14H,1-4,13H2,(H,16,18). The Hall–Kier alpha value is -2.09. The van der Waals surface area contributed by atoms with Crippen LogP contribution in [0.25, 0.3) is 0 Å². The number of hydrogen-bond donors (Lipinski definition) is 3. The van der Waals surface area contributed by atoms with E-state index in [1.165, 1.54) is 17.7 Å². The predicted molar refractivity (Wildman–Crippen MR) is 75.7 cm³/mol. The first-order chi connectivity index (χ1) is 9.72. The van der Waals surface area contributed by atoms with E-state index in [1.54, 1.807) is 6.07 Å². The second-order valence-electron chi connectivity index (χ2n) is 4.67. The lowest BCUT2D eigenvalue weighted by Gasteiger charge is -2.01. The molecular weight excluding hydrogens is 278 g/mol. The Labute approximate surface area is 119 Å². The first-order valence-corrected chi connectivity index (χ1v) is 7.23. The van der Waals surface area contributed by atoms with E-state index in [0.717, 1.165) is 17.8 Å². The average molecular weight is 293 g/mol. The van der Waals surface area contributed by atoms with Gasteiger partial charge in [-0.2, -0.15) is 4.98 Å². The Balaban J connectivity index is 1.55. The number of hydrogen-bond acceptors (Lipinski definition) is 7. The summed E-state index contributed by atoms with van der Waals surface area (Å²) in [6.45, 7) is 0.656. The van der Waals surface area contributed by atoms with Crippen LogP contribution in [0.1, 0.15) is 28.3 Å². The minimum absolute atomic E-state index is 0.0822. The van der Waals surface area contributed by atoms with E-state index < -0.39 is 0 Å². The summed E-state index contributed by atoms with van der Waals surface area (Å²) in [5.41, 5.74) is 6.38. The second-order valence-corrected chi connectivity index (χ2v) is 5.72. The fourth-order valence-corrected chi connectivity index (χ4v) is 2.66. The summed E-state index contributed by atoms with van der Waals surface area (Å²) >= 11 is 1.36. The average Bonchev–Trinajstić information content (AvgIpc) is 2.94. The number of nitrogens with zero attached hydrogens (tertiary/aromatic N) is 2. The molecule has 2 aromatic rings. The first kappa shape index (κ1) is 12.9. The minimum Gasteiger partial charge on any atom is -0.397 e. The molecule has 0 aliphatic heterocycles. The monoisotopic (exact) mass is 293 g/mol. The number of anilines is 2. The van der Waals surface area contributed by atoms with E-state index in [1.807, 2.05) is 0 Å². The third-order valence-corrected chi connectivity index (χ3v) is 4.04. The van der Waals surface area contributed by atoms with Crippen molar-refractivity contribution in [2.75, 3.05) is 17.6 Å². The molecule has 1 fully saturated rings. The van der Waals surface area contributed by atoms with Crippen molar-refractivity contribution in [2.24, 2.45) is 0 Å². The Morgan fingerprint density at radius 2 is 2.40 bits per heavy atom. The van der Waals surface area contributed by atoms with Crippen molar-refractivity contribution < 1.29 is 9.32 Å². The van der Waals surface area contributed by atoms with Gasteiger partial charge in [-0.3, -0.25) is 4.79 Å². The second kappa shape index (κ2) is 5.49. The molecule has 20 heavy (non-hydrogen) atoms. The molecule has 2 heterocycles. The molecule has 1 amide bonds. The number of aromatic nitrogens is 2. The molecule has 0 radical (unpaired) electrons. The SMILES string of the molecule is Nc1cc(NCCc2ncon2)sc1C(=O)NC1CC1. The molecule has 1 saturated carbocycles. The van der Waals surface area contributed by atoms with Crippen molar-refractivity contribution >= 4 is 27.9 Å². The number of nitrogen functional groups attached to an aromatic ring is 1. The lowest BCUT2D eigenvalue weighted by Crippen LogP contribution is -2.25. The number of amides is 1. The third kappa shape index (κ3) is 3.08. The molecule has 8 heteroatoms. The van der Waals surface area contributed by atoms with Crippen LogP contribution >= 0.6 is 11.3 Å². The van der Waals surface area contributed by atoms with Gasteiger partial charge in [0.15, 0.2) is 5.82 Å². The summed E-state index contributed by atoms with van der Waals surface area (Å²) in [5.74, 6) is 0.565. The summed E-state index contributed by atoms with van der Waals surface area (Å²) in [6.07, 6.45) is 4.08. The molecule has 4 N–H and O–H groups in total. The Bertz CT molecular complexity index is 591. The highest BCUT2D eigenvalue weighted by atomic mass is 32.1. The van der Waals surface area contributed by atoms with Crippen molar-refractivity contribution in [1.29, 1.82) is 0 Å². The molecule has 106 valence electrons. The number of nitrogens with one attached hydrogen (secondary N) is 2. The Morgan fingerprint density at radius 3 is 3.10 bits per heavy atom. The lowest BCUT2D eigenvalue weighted by atomic mass is 10.3. The minimum atomic E-state index is -0.0822. The summed E-state index contributed by atoms with van der Waals surface area (Å²) in [4.78, 5) is 16.5. The molecule has 0 bridgehead atoms. The number of carbonyl (C=O) groups is 1. The summed E-state index contributed by atoms with van der Waals surface area (Å²) in [6, 6.07) is 2.11. The number of nitrogens with two attached hydrogens (primary N) is 1. The Kier molecular flexibility index (Phi) is 3.55. The van der Waals surface area contributed by atoms with E-state index in [-0.39, 0.29) is 5.91 Å². The van der Waals surface area contributed by atoms with Gasteiger partial charge in [-0.1, -0.05) is 5.16 Å². The zero-order valence-electron chi connectivity index (χ0n) is 10.8. The number of carbonyl (C=O) groups excluding carboxylic acids is 1. The van der Waals surface area contributed by atoms with Crippen molar-refractivity contribution in [2.45, 2.75) is 25.3 Å². The van der Waals surface area contributed by atoms with Crippen molar-refractivity contribution in [3.05, 3.63) is 23.2 Å². The smallest absolute Gasteiger partial charge is 0.263 e. The van der Waals surface area contributed by atoms with Gasteiger partial charge in [0, 0.05) is 19.0 Å². The quantitative estimate of drug-likeness (QED) is 0.740. The summed E-state index contributed by atoms with van der Waals surface area (Å²) in [5, 5.41) is 10.7. The van der Waals surface area contributed by atoms with Crippen molar-refractivity contribution in [3.63, 3.8) is 0 Å². The maximum atomic E-state index is 11.9. The molecule has 0 spiro atoms. The highest BCUT2D eigenvalue weighted by molar-refractivity contribution is 7.18. The normalized spacial score (nSPS) is 14.2. The topological polar surface area (TPSA) is 106 Å². The van der Waals surface area contributed by atoms with Crippen LogP contribution in [0.4, 0.5) is 10.7 Å². The van der Waals surface area contributed by atoms with Gasteiger partial charge < -0.3 is 20.9 Å². The molecular formula is C12H15N5O2S. The van der Waals surface area contributed by atoms with Gasteiger partial charge in [-0.05, 0) is 18.9 Å². The maximum Gasteiger partial charge on any atom is 0.263 e. The van der Waals surface area contributed by atoms with Crippen LogP contribution in [-0.4, -0.2) is 28.6 Å². The van der Waals surface area contributed by atoms with Gasteiger partial charge in [0.05, 0.1) is 10.7 Å². The lowest BCUT2D eigenvalue weighted by molar-refractivity contribution is 0.0956. The summed E-state index contributed by atoms with van der Waals surface area (Å²) < 4.78 is 4.66. The number of thiophene rings is 1. The van der Waals surface area contributed by atoms with Gasteiger partial charge >= 0.3 is 0 Å². The van der Waals surface area contributed by atoms with E-state index in [0.29, 0.717) is 35.4 Å². The molecule has 0 aromatic carbocycles. The molecule has 3 rings (SSSR count). The van der Waals surface area contributed by atoms with Crippen molar-refractivity contribution in [1.82, 2.24) is 15.5 Å². The van der Waals surface area contributed by atoms with Crippen LogP contribution < -0.4 is 16.4 Å². The molecule has 2 aromatic heterocycles. The molecule has 0 saturated heterocycles. The van der Waals surface area contributed by atoms with Crippen LogP contribution in [0.5, 0.6) is 0 Å². The Morgan fingerprint density at radius 1 is 1.55 bits per heavy atom. The van der Waals surface area contributed by atoms with E-state index in [2.05, 4.69) is 25.3 Å². The van der Waals surface area contributed by atoms with Crippen LogP contribution in [0.15, 0.2) is 17.0 Å². The van der Waals surface area contributed by atoms with Gasteiger partial charge in [0.25, 0.3) is 5.91 Å². The van der Waals surface area contributed by atoms with Gasteiger partial charge in [-0.15, -0.1) is 11.3 Å². The zero-order valence-corrected chi connectivity index (χ0v) is 11.6. The van der Waals surface area contributed by atoms with Gasteiger partial charge in [0.2, 0.25) is 6.39 Å². The maximum absolute atomic E-state index is 11.9. The van der Waals surface area contributed by atoms with E-state index in [4.69, 9.17) is 5.73 Å². The van der Waals surface area contributed by atoms with E-state index >= 15 is 0 Å². The third-order valence-electron chi connectivity index (χ3n) is 2.93. The van der Waals surface area contributed by atoms with Crippen LogP contribution in [0.2, 0.25) is 0 Å².